The molecule has 0 aromatic carbocycles. The van der Waals surface area contributed by atoms with Crippen LogP contribution in [-0.2, 0) is 6.54 Å². The molecule has 0 atom stereocenters. The lowest BCUT2D eigenvalue weighted by Gasteiger charge is -2.05. The molecule has 2 aromatic heterocycles. The van der Waals surface area contributed by atoms with Crippen molar-refractivity contribution in [3.05, 3.63) is 17.8 Å². The zero-order chi connectivity index (χ0) is 12.3. The van der Waals surface area contributed by atoms with E-state index in [1.54, 1.807) is 10.9 Å². The molecule has 17 heavy (non-hydrogen) atoms. The van der Waals surface area contributed by atoms with Gasteiger partial charge >= 0.3 is 0 Å². The van der Waals surface area contributed by atoms with Gasteiger partial charge in [-0.2, -0.15) is 0 Å². The van der Waals surface area contributed by atoms with E-state index in [4.69, 9.17) is 10.8 Å². The smallest absolute Gasteiger partial charge is 0.183 e. The summed E-state index contributed by atoms with van der Waals surface area (Å²) in [5, 5.41) is 20.2. The molecule has 90 valence electrons. The van der Waals surface area contributed by atoms with Crippen LogP contribution in [0.2, 0.25) is 0 Å². The molecule has 0 aliphatic carbocycles. The number of pyridine rings is 1. The van der Waals surface area contributed by atoms with Crippen LogP contribution in [-0.4, -0.2) is 36.9 Å². The second-order valence-electron chi connectivity index (χ2n) is 3.73. The minimum Gasteiger partial charge on any atom is -0.396 e. The maximum atomic E-state index is 8.80. The quantitative estimate of drug-likeness (QED) is 0.772. The second-order valence-corrected chi connectivity index (χ2v) is 3.73. The van der Waals surface area contributed by atoms with Gasteiger partial charge in [-0.25, -0.2) is 9.67 Å². The van der Waals surface area contributed by atoms with Crippen molar-refractivity contribution >= 4 is 5.82 Å². The Hall–Kier alpha value is -2.02. The Balaban J connectivity index is 2.32. The summed E-state index contributed by atoms with van der Waals surface area (Å²) in [5.41, 5.74) is 7.36. The van der Waals surface area contributed by atoms with E-state index in [0.717, 1.165) is 11.1 Å². The van der Waals surface area contributed by atoms with Gasteiger partial charge < -0.3 is 10.8 Å². The van der Waals surface area contributed by atoms with Crippen LogP contribution in [0.25, 0.3) is 11.4 Å². The third kappa shape index (κ3) is 2.39. The molecule has 2 aromatic rings. The van der Waals surface area contributed by atoms with E-state index in [9.17, 15) is 0 Å². The fourth-order valence-electron chi connectivity index (χ4n) is 1.49. The van der Waals surface area contributed by atoms with Crippen molar-refractivity contribution in [3.8, 4) is 11.4 Å². The fraction of sp³-hybridized carbons (Fsp3) is 0.400. The highest BCUT2D eigenvalue weighted by atomic mass is 16.3. The number of aliphatic hydroxyl groups is 1. The van der Waals surface area contributed by atoms with Crippen LogP contribution in [0.3, 0.4) is 0 Å². The number of hydrogen-bond acceptors (Lipinski definition) is 6. The first-order valence-electron chi connectivity index (χ1n) is 5.32. The van der Waals surface area contributed by atoms with E-state index >= 15 is 0 Å². The van der Waals surface area contributed by atoms with Crippen molar-refractivity contribution in [1.29, 1.82) is 0 Å². The highest BCUT2D eigenvalue weighted by Gasteiger charge is 2.09. The summed E-state index contributed by atoms with van der Waals surface area (Å²) in [6, 6.07) is 1.89. The van der Waals surface area contributed by atoms with Crippen LogP contribution >= 0.6 is 0 Å². The topological polar surface area (TPSA) is 103 Å². The Morgan fingerprint density at radius 3 is 3.00 bits per heavy atom. The van der Waals surface area contributed by atoms with Gasteiger partial charge in [-0.05, 0) is 35.4 Å². The number of tetrazole rings is 1. The Kier molecular flexibility index (Phi) is 3.29. The van der Waals surface area contributed by atoms with Crippen molar-refractivity contribution < 1.29 is 5.11 Å². The molecule has 7 nitrogen and oxygen atoms in total. The Morgan fingerprint density at radius 1 is 1.47 bits per heavy atom. The molecule has 3 N–H and O–H groups in total. The minimum absolute atomic E-state index is 0.109. The van der Waals surface area contributed by atoms with Gasteiger partial charge in [-0.15, -0.1) is 5.10 Å². The first-order chi connectivity index (χ1) is 8.22. The van der Waals surface area contributed by atoms with E-state index in [2.05, 4.69) is 20.5 Å². The second kappa shape index (κ2) is 4.88. The van der Waals surface area contributed by atoms with Crippen molar-refractivity contribution in [2.75, 3.05) is 12.3 Å². The fourth-order valence-corrected chi connectivity index (χ4v) is 1.49. The number of nitrogen functional groups attached to an aromatic ring is 1. The molecular formula is C10H14N6O. The van der Waals surface area contributed by atoms with Crippen LogP contribution < -0.4 is 5.73 Å². The third-order valence-corrected chi connectivity index (χ3v) is 2.44. The van der Waals surface area contributed by atoms with Crippen molar-refractivity contribution in [2.45, 2.75) is 19.9 Å². The van der Waals surface area contributed by atoms with E-state index in [1.165, 1.54) is 0 Å². The minimum atomic E-state index is 0.109. The zero-order valence-electron chi connectivity index (χ0n) is 9.54. The van der Waals surface area contributed by atoms with E-state index in [1.807, 2.05) is 13.0 Å². The van der Waals surface area contributed by atoms with Crippen LogP contribution in [0.5, 0.6) is 0 Å². The predicted octanol–water partition coefficient (Wildman–Crippen LogP) is 0.00812. The van der Waals surface area contributed by atoms with Gasteiger partial charge in [0.2, 0.25) is 0 Å². The molecular weight excluding hydrogens is 220 g/mol. The number of aliphatic hydroxyl groups excluding tert-OH is 1. The molecule has 7 heteroatoms. The number of nitrogens with zero attached hydrogens (tertiary/aromatic N) is 5. The third-order valence-electron chi connectivity index (χ3n) is 2.44. The lowest BCUT2D eigenvalue weighted by molar-refractivity contribution is 0.276. The predicted molar refractivity (Wildman–Crippen MR) is 61.9 cm³/mol. The molecule has 0 amide bonds. The van der Waals surface area contributed by atoms with Gasteiger partial charge in [-0.1, -0.05) is 0 Å². The van der Waals surface area contributed by atoms with Gasteiger partial charge in [0.15, 0.2) is 5.82 Å². The van der Waals surface area contributed by atoms with Gasteiger partial charge in [-0.3, -0.25) is 0 Å². The average molecular weight is 234 g/mol. The number of nitrogens with two attached hydrogens (primary N) is 1. The largest absolute Gasteiger partial charge is 0.396 e. The summed E-state index contributed by atoms with van der Waals surface area (Å²) in [5.74, 6) is 1.14. The first-order valence-corrected chi connectivity index (χ1v) is 5.32. The van der Waals surface area contributed by atoms with Gasteiger partial charge in [0.05, 0.1) is 0 Å². The summed E-state index contributed by atoms with van der Waals surface area (Å²) < 4.78 is 1.64. The molecule has 0 unspecified atom stereocenters. The molecule has 0 saturated heterocycles. The molecule has 0 fully saturated rings. The zero-order valence-corrected chi connectivity index (χ0v) is 9.54. The number of anilines is 1. The lowest BCUT2D eigenvalue weighted by Crippen LogP contribution is -2.05. The van der Waals surface area contributed by atoms with Crippen molar-refractivity contribution in [2.24, 2.45) is 0 Å². The van der Waals surface area contributed by atoms with Gasteiger partial charge in [0.1, 0.15) is 5.82 Å². The molecule has 0 aliphatic rings. The maximum Gasteiger partial charge on any atom is 0.183 e. The number of rotatable bonds is 4. The van der Waals surface area contributed by atoms with Crippen molar-refractivity contribution in [1.82, 2.24) is 25.2 Å². The monoisotopic (exact) mass is 234 g/mol. The molecule has 2 rings (SSSR count). The Labute approximate surface area is 98.3 Å². The van der Waals surface area contributed by atoms with Gasteiger partial charge in [0.25, 0.3) is 0 Å². The summed E-state index contributed by atoms with van der Waals surface area (Å²) in [7, 11) is 0. The molecule has 0 aliphatic heterocycles. The number of aryl methyl sites for hydroxylation is 2. The van der Waals surface area contributed by atoms with Crippen LogP contribution in [0.1, 0.15) is 12.0 Å². The highest BCUT2D eigenvalue weighted by molar-refractivity contribution is 5.57. The molecule has 2 heterocycles. The lowest BCUT2D eigenvalue weighted by atomic mass is 10.2. The van der Waals surface area contributed by atoms with E-state index in [0.29, 0.717) is 24.6 Å². The van der Waals surface area contributed by atoms with Crippen molar-refractivity contribution in [3.63, 3.8) is 0 Å². The standard InChI is InChI=1S/C10H14N6O/c1-7-5-8(6-12-9(7)11)10-13-14-15-16(10)3-2-4-17/h5-6,17H,2-4H2,1H3,(H2,11,12). The molecule has 0 radical (unpaired) electrons. The maximum absolute atomic E-state index is 8.80. The first kappa shape index (κ1) is 11.5. The molecule has 0 bridgehead atoms. The summed E-state index contributed by atoms with van der Waals surface area (Å²) in [4.78, 5) is 4.08. The average Bonchev–Trinajstić information content (AvgIpc) is 2.78. The Bertz CT molecular complexity index is 509. The molecule has 0 spiro atoms. The summed E-state index contributed by atoms with van der Waals surface area (Å²) in [6.07, 6.45) is 2.25. The van der Waals surface area contributed by atoms with E-state index in [-0.39, 0.29) is 6.61 Å². The van der Waals surface area contributed by atoms with Crippen LogP contribution in [0.4, 0.5) is 5.82 Å². The van der Waals surface area contributed by atoms with Crippen LogP contribution in [0, 0.1) is 6.92 Å². The number of hydrogen-bond donors (Lipinski definition) is 2. The Morgan fingerprint density at radius 2 is 2.29 bits per heavy atom. The SMILES string of the molecule is Cc1cc(-c2nnnn2CCCO)cnc1N. The normalized spacial score (nSPS) is 10.7. The highest BCUT2D eigenvalue weighted by Crippen LogP contribution is 2.18. The van der Waals surface area contributed by atoms with Crippen LogP contribution in [0.15, 0.2) is 12.3 Å². The summed E-state index contributed by atoms with van der Waals surface area (Å²) >= 11 is 0. The van der Waals surface area contributed by atoms with Gasteiger partial charge in [0, 0.05) is 24.9 Å². The summed E-state index contributed by atoms with van der Waals surface area (Å²) in [6.45, 7) is 2.56. The molecule has 0 saturated carbocycles. The number of aromatic nitrogens is 5. The van der Waals surface area contributed by atoms with E-state index < -0.39 is 0 Å².